The summed E-state index contributed by atoms with van der Waals surface area (Å²) in [5.74, 6) is 0. The van der Waals surface area contributed by atoms with Gasteiger partial charge in [-0.1, -0.05) is 30.3 Å². The van der Waals surface area contributed by atoms with Gasteiger partial charge in [-0.05, 0) is 39.2 Å². The lowest BCUT2D eigenvalue weighted by Crippen LogP contribution is -2.48. The topological polar surface area (TPSA) is 50.8 Å². The SMILES string of the molecule is CC(C)(C)OC(=O)N[C@H]1CN(Cc2ccccc2)[C@@H]2CCCO[C@H]12. The number of likely N-dealkylation sites (tertiary alicyclic amines) is 1. The smallest absolute Gasteiger partial charge is 0.408 e. The van der Waals surface area contributed by atoms with E-state index in [9.17, 15) is 4.79 Å². The van der Waals surface area contributed by atoms with Gasteiger partial charge in [-0.25, -0.2) is 4.79 Å². The summed E-state index contributed by atoms with van der Waals surface area (Å²) in [5.41, 5.74) is 0.805. The number of benzene rings is 1. The van der Waals surface area contributed by atoms with Gasteiger partial charge in [-0.15, -0.1) is 0 Å². The van der Waals surface area contributed by atoms with E-state index >= 15 is 0 Å². The number of fused-ring (bicyclic) bond motifs is 1. The Balaban J connectivity index is 1.66. The van der Waals surface area contributed by atoms with Crippen molar-refractivity contribution in [1.82, 2.24) is 10.2 Å². The molecule has 2 aliphatic heterocycles. The molecule has 2 heterocycles. The summed E-state index contributed by atoms with van der Waals surface area (Å²) in [6.07, 6.45) is 1.88. The first-order valence-electron chi connectivity index (χ1n) is 8.81. The maximum absolute atomic E-state index is 12.1. The molecule has 0 unspecified atom stereocenters. The highest BCUT2D eigenvalue weighted by Crippen LogP contribution is 2.30. The molecule has 1 aromatic rings. The Hall–Kier alpha value is -1.59. The number of nitrogens with one attached hydrogen (secondary N) is 1. The fraction of sp³-hybridized carbons (Fsp3) is 0.632. The van der Waals surface area contributed by atoms with Crippen molar-refractivity contribution in [3.63, 3.8) is 0 Å². The summed E-state index contributed by atoms with van der Waals surface area (Å²) < 4.78 is 11.4. The number of hydrogen-bond donors (Lipinski definition) is 1. The highest BCUT2D eigenvalue weighted by Gasteiger charge is 2.44. The van der Waals surface area contributed by atoms with Gasteiger partial charge in [0.2, 0.25) is 0 Å². The minimum absolute atomic E-state index is 0.0196. The van der Waals surface area contributed by atoms with Crippen molar-refractivity contribution >= 4 is 6.09 Å². The van der Waals surface area contributed by atoms with Crippen molar-refractivity contribution in [2.75, 3.05) is 13.2 Å². The second-order valence-corrected chi connectivity index (χ2v) is 7.71. The van der Waals surface area contributed by atoms with Gasteiger partial charge in [0.05, 0.1) is 12.1 Å². The fourth-order valence-corrected chi connectivity index (χ4v) is 3.64. The zero-order chi connectivity index (χ0) is 17.2. The molecule has 1 amide bonds. The van der Waals surface area contributed by atoms with E-state index in [-0.39, 0.29) is 18.2 Å². The second-order valence-electron chi connectivity index (χ2n) is 7.71. The summed E-state index contributed by atoms with van der Waals surface area (Å²) in [6, 6.07) is 10.8. The van der Waals surface area contributed by atoms with Crippen molar-refractivity contribution < 1.29 is 14.3 Å². The van der Waals surface area contributed by atoms with Crippen LogP contribution in [0.3, 0.4) is 0 Å². The Kier molecular flexibility index (Phi) is 5.11. The summed E-state index contributed by atoms with van der Waals surface area (Å²) >= 11 is 0. The van der Waals surface area contributed by atoms with E-state index in [4.69, 9.17) is 9.47 Å². The number of ether oxygens (including phenoxy) is 2. The normalized spacial score (nSPS) is 27.5. The van der Waals surface area contributed by atoms with Gasteiger partial charge in [-0.2, -0.15) is 0 Å². The van der Waals surface area contributed by atoms with Crippen LogP contribution >= 0.6 is 0 Å². The summed E-state index contributed by atoms with van der Waals surface area (Å²) in [5, 5.41) is 3.02. The highest BCUT2D eigenvalue weighted by molar-refractivity contribution is 5.68. The molecule has 0 aliphatic carbocycles. The average molecular weight is 332 g/mol. The van der Waals surface area contributed by atoms with Crippen molar-refractivity contribution in [2.24, 2.45) is 0 Å². The Morgan fingerprint density at radius 2 is 2.08 bits per heavy atom. The summed E-state index contributed by atoms with van der Waals surface area (Å²) in [6.45, 7) is 8.09. The molecular formula is C19H28N2O3. The fourth-order valence-electron chi connectivity index (χ4n) is 3.64. The molecule has 0 bridgehead atoms. The molecule has 0 radical (unpaired) electrons. The number of alkyl carbamates (subject to hydrolysis) is 1. The van der Waals surface area contributed by atoms with E-state index in [1.54, 1.807) is 0 Å². The van der Waals surface area contributed by atoms with Crippen LogP contribution in [0.5, 0.6) is 0 Å². The molecule has 3 atom stereocenters. The zero-order valence-electron chi connectivity index (χ0n) is 14.8. The van der Waals surface area contributed by atoms with Crippen molar-refractivity contribution in [1.29, 1.82) is 0 Å². The number of carbonyl (C=O) groups is 1. The molecule has 3 rings (SSSR count). The molecule has 2 aliphatic rings. The van der Waals surface area contributed by atoms with Crippen molar-refractivity contribution in [3.05, 3.63) is 35.9 Å². The van der Waals surface area contributed by atoms with E-state index in [1.807, 2.05) is 26.8 Å². The Morgan fingerprint density at radius 1 is 1.33 bits per heavy atom. The lowest BCUT2D eigenvalue weighted by Gasteiger charge is -2.32. The quantitative estimate of drug-likeness (QED) is 0.925. The lowest BCUT2D eigenvalue weighted by atomic mass is 10.0. The predicted octanol–water partition coefficient (Wildman–Crippen LogP) is 2.94. The van der Waals surface area contributed by atoms with Crippen LogP contribution in [-0.2, 0) is 16.0 Å². The first kappa shape index (κ1) is 17.2. The first-order chi connectivity index (χ1) is 11.4. The number of nitrogens with zero attached hydrogens (tertiary/aromatic N) is 1. The van der Waals surface area contributed by atoms with Crippen LogP contribution in [0.25, 0.3) is 0 Å². The van der Waals surface area contributed by atoms with E-state index in [0.29, 0.717) is 6.04 Å². The third kappa shape index (κ3) is 4.28. The highest BCUT2D eigenvalue weighted by atomic mass is 16.6. The van der Waals surface area contributed by atoms with Crippen LogP contribution < -0.4 is 5.32 Å². The van der Waals surface area contributed by atoms with Gasteiger partial charge in [0.15, 0.2) is 0 Å². The summed E-state index contributed by atoms with van der Waals surface area (Å²) in [7, 11) is 0. The molecule has 24 heavy (non-hydrogen) atoms. The van der Waals surface area contributed by atoms with Gasteiger partial charge in [0.25, 0.3) is 0 Å². The van der Waals surface area contributed by atoms with E-state index in [2.05, 4.69) is 34.5 Å². The summed E-state index contributed by atoms with van der Waals surface area (Å²) in [4.78, 5) is 14.6. The van der Waals surface area contributed by atoms with Gasteiger partial charge >= 0.3 is 6.09 Å². The Labute approximate surface area is 144 Å². The third-order valence-corrected chi connectivity index (χ3v) is 4.56. The molecule has 5 heteroatoms. The van der Waals surface area contributed by atoms with E-state index in [1.165, 1.54) is 5.56 Å². The van der Waals surface area contributed by atoms with Crippen LogP contribution in [0.4, 0.5) is 4.79 Å². The van der Waals surface area contributed by atoms with E-state index in [0.717, 1.165) is 32.5 Å². The molecular weight excluding hydrogens is 304 g/mol. The lowest BCUT2D eigenvalue weighted by molar-refractivity contribution is -0.0236. The van der Waals surface area contributed by atoms with Crippen LogP contribution in [0, 0.1) is 0 Å². The maximum atomic E-state index is 12.1. The van der Waals surface area contributed by atoms with E-state index < -0.39 is 5.60 Å². The van der Waals surface area contributed by atoms with Gasteiger partial charge in [-0.3, -0.25) is 4.90 Å². The number of rotatable bonds is 3. The zero-order valence-corrected chi connectivity index (χ0v) is 14.8. The molecule has 0 saturated carbocycles. The van der Waals surface area contributed by atoms with Crippen molar-refractivity contribution in [2.45, 2.75) is 63.9 Å². The van der Waals surface area contributed by atoms with Gasteiger partial charge < -0.3 is 14.8 Å². The van der Waals surface area contributed by atoms with Crippen LogP contribution in [0.1, 0.15) is 39.2 Å². The molecule has 132 valence electrons. The monoisotopic (exact) mass is 332 g/mol. The number of hydrogen-bond acceptors (Lipinski definition) is 4. The Bertz CT molecular complexity index is 555. The van der Waals surface area contributed by atoms with Crippen LogP contribution in [0.2, 0.25) is 0 Å². The number of carbonyl (C=O) groups excluding carboxylic acids is 1. The van der Waals surface area contributed by atoms with Crippen molar-refractivity contribution in [3.8, 4) is 0 Å². The van der Waals surface area contributed by atoms with Crippen LogP contribution in [0.15, 0.2) is 30.3 Å². The molecule has 5 nitrogen and oxygen atoms in total. The third-order valence-electron chi connectivity index (χ3n) is 4.56. The maximum Gasteiger partial charge on any atom is 0.408 e. The largest absolute Gasteiger partial charge is 0.444 e. The number of amides is 1. The molecule has 2 saturated heterocycles. The molecule has 1 N–H and O–H groups in total. The molecule has 1 aromatic carbocycles. The van der Waals surface area contributed by atoms with Crippen LogP contribution in [-0.4, -0.2) is 47.9 Å². The minimum Gasteiger partial charge on any atom is -0.444 e. The molecule has 0 spiro atoms. The van der Waals surface area contributed by atoms with Gasteiger partial charge in [0.1, 0.15) is 5.60 Å². The minimum atomic E-state index is -0.487. The molecule has 2 fully saturated rings. The first-order valence-corrected chi connectivity index (χ1v) is 8.81. The average Bonchev–Trinajstić information content (AvgIpc) is 2.85. The molecule has 0 aromatic heterocycles. The van der Waals surface area contributed by atoms with Gasteiger partial charge in [0, 0.05) is 25.7 Å². The second kappa shape index (κ2) is 7.11. The standard InChI is InChI=1S/C19H28N2O3/c1-19(2,3)24-18(22)20-15-13-21(12-14-8-5-4-6-9-14)16-10-7-11-23-17(15)16/h4-6,8-9,15-17H,7,10-13H2,1-3H3,(H,20,22)/t15-,16+,17+/m0/s1. The Morgan fingerprint density at radius 3 is 2.79 bits per heavy atom. The predicted molar refractivity (Wildman–Crippen MR) is 92.8 cm³/mol.